The molecule has 0 aromatic heterocycles. The number of hydrogen-bond acceptors (Lipinski definition) is 2. The van der Waals surface area contributed by atoms with E-state index in [2.05, 4.69) is 29.8 Å². The molecule has 0 amide bonds. The highest BCUT2D eigenvalue weighted by molar-refractivity contribution is 9.10. The van der Waals surface area contributed by atoms with E-state index >= 15 is 0 Å². The number of rotatable bonds is 3. The monoisotopic (exact) mass is 326 g/mol. The summed E-state index contributed by atoms with van der Waals surface area (Å²) in [4.78, 5) is 11.2. The first-order valence-electron chi connectivity index (χ1n) is 6.57. The number of aromatic carboxylic acids is 1. The van der Waals surface area contributed by atoms with Crippen LogP contribution in [0.15, 0.2) is 22.7 Å². The van der Waals surface area contributed by atoms with Gasteiger partial charge in [-0.2, -0.15) is 0 Å². The van der Waals surface area contributed by atoms with Crippen molar-refractivity contribution in [1.82, 2.24) is 0 Å². The number of benzene rings is 1. The van der Waals surface area contributed by atoms with Crippen molar-refractivity contribution in [2.45, 2.75) is 45.6 Å². The maximum absolute atomic E-state index is 11.2. The lowest BCUT2D eigenvalue weighted by Gasteiger charge is -2.34. The summed E-state index contributed by atoms with van der Waals surface area (Å²) in [7, 11) is 0. The maximum atomic E-state index is 11.2. The molecule has 1 aliphatic carbocycles. The molecule has 0 aliphatic heterocycles. The molecular formula is C15H19BrO3. The number of carboxylic acids is 1. The van der Waals surface area contributed by atoms with Crippen molar-refractivity contribution in [3.8, 4) is 5.75 Å². The maximum Gasteiger partial charge on any atom is 0.339 e. The standard InChI is InChI=1S/C15H19BrO3/c1-15(2)7-5-11(6-8-15)19-13-4-3-10(16)9-12(13)14(17)18/h3-4,9,11H,5-8H2,1-2H3,(H,17,18). The highest BCUT2D eigenvalue weighted by atomic mass is 79.9. The van der Waals surface area contributed by atoms with Gasteiger partial charge in [0.1, 0.15) is 11.3 Å². The van der Waals surface area contributed by atoms with E-state index in [1.807, 2.05) is 6.07 Å². The van der Waals surface area contributed by atoms with E-state index in [4.69, 9.17) is 4.74 Å². The summed E-state index contributed by atoms with van der Waals surface area (Å²) in [5.41, 5.74) is 0.606. The predicted octanol–water partition coefficient (Wildman–Crippen LogP) is 4.49. The second-order valence-corrected chi connectivity index (χ2v) is 6.84. The van der Waals surface area contributed by atoms with Gasteiger partial charge in [-0.15, -0.1) is 0 Å². The average molecular weight is 327 g/mol. The molecule has 0 atom stereocenters. The third kappa shape index (κ3) is 3.72. The fourth-order valence-corrected chi connectivity index (χ4v) is 2.80. The van der Waals surface area contributed by atoms with Gasteiger partial charge in [0.05, 0.1) is 6.10 Å². The second kappa shape index (κ2) is 5.53. The zero-order valence-electron chi connectivity index (χ0n) is 11.3. The van der Waals surface area contributed by atoms with Crippen LogP contribution in [0.1, 0.15) is 49.9 Å². The van der Waals surface area contributed by atoms with Gasteiger partial charge < -0.3 is 9.84 Å². The van der Waals surface area contributed by atoms with E-state index in [0.717, 1.165) is 30.2 Å². The molecule has 0 radical (unpaired) electrons. The minimum absolute atomic E-state index is 0.132. The second-order valence-electron chi connectivity index (χ2n) is 5.93. The summed E-state index contributed by atoms with van der Waals surface area (Å²) in [6.07, 6.45) is 4.35. The van der Waals surface area contributed by atoms with Gasteiger partial charge in [0.25, 0.3) is 0 Å². The Hall–Kier alpha value is -1.03. The topological polar surface area (TPSA) is 46.5 Å². The van der Waals surface area contributed by atoms with Crippen LogP contribution in [0.25, 0.3) is 0 Å². The molecule has 4 heteroatoms. The first-order chi connectivity index (χ1) is 8.87. The summed E-state index contributed by atoms with van der Waals surface area (Å²) >= 11 is 3.29. The molecule has 1 fully saturated rings. The SMILES string of the molecule is CC1(C)CCC(Oc2ccc(Br)cc2C(=O)O)CC1. The molecule has 0 spiro atoms. The molecule has 2 rings (SSSR count). The molecule has 0 unspecified atom stereocenters. The third-order valence-corrected chi connectivity index (χ3v) is 4.25. The highest BCUT2D eigenvalue weighted by Crippen LogP contribution is 2.37. The Balaban J connectivity index is 2.10. The van der Waals surface area contributed by atoms with Crippen LogP contribution in [0.4, 0.5) is 0 Å². The summed E-state index contributed by atoms with van der Waals surface area (Å²) in [5, 5.41) is 9.20. The Kier molecular flexibility index (Phi) is 4.19. The van der Waals surface area contributed by atoms with Crippen molar-refractivity contribution < 1.29 is 14.6 Å². The van der Waals surface area contributed by atoms with Crippen molar-refractivity contribution >= 4 is 21.9 Å². The Labute approximate surface area is 122 Å². The lowest BCUT2D eigenvalue weighted by atomic mass is 9.76. The van der Waals surface area contributed by atoms with Gasteiger partial charge in [-0.25, -0.2) is 4.79 Å². The molecule has 1 aromatic rings. The number of carboxylic acid groups (broad SMARTS) is 1. The smallest absolute Gasteiger partial charge is 0.339 e. The van der Waals surface area contributed by atoms with E-state index < -0.39 is 5.97 Å². The van der Waals surface area contributed by atoms with Gasteiger partial charge in [0, 0.05) is 4.47 Å². The largest absolute Gasteiger partial charge is 0.490 e. The average Bonchev–Trinajstić information content (AvgIpc) is 2.33. The van der Waals surface area contributed by atoms with E-state index in [9.17, 15) is 9.90 Å². The summed E-state index contributed by atoms with van der Waals surface area (Å²) in [6.45, 7) is 4.54. The molecular weight excluding hydrogens is 308 g/mol. The highest BCUT2D eigenvalue weighted by Gasteiger charge is 2.28. The predicted molar refractivity (Wildman–Crippen MR) is 77.8 cm³/mol. The molecule has 3 nitrogen and oxygen atoms in total. The van der Waals surface area contributed by atoms with E-state index in [1.165, 1.54) is 0 Å². The lowest BCUT2D eigenvalue weighted by Crippen LogP contribution is -2.28. The molecule has 1 N–H and O–H groups in total. The summed E-state index contributed by atoms with van der Waals surface area (Å²) < 4.78 is 6.65. The van der Waals surface area contributed by atoms with Gasteiger partial charge in [-0.3, -0.25) is 0 Å². The molecule has 104 valence electrons. The number of halogens is 1. The summed E-state index contributed by atoms with van der Waals surface area (Å²) in [6, 6.07) is 5.13. The van der Waals surface area contributed by atoms with Crippen LogP contribution in [0.2, 0.25) is 0 Å². The quantitative estimate of drug-likeness (QED) is 0.889. The Morgan fingerprint density at radius 1 is 1.37 bits per heavy atom. The molecule has 19 heavy (non-hydrogen) atoms. The third-order valence-electron chi connectivity index (χ3n) is 3.75. The van der Waals surface area contributed by atoms with Crippen molar-refractivity contribution in [1.29, 1.82) is 0 Å². The Bertz CT molecular complexity index is 472. The van der Waals surface area contributed by atoms with Gasteiger partial charge in [-0.1, -0.05) is 29.8 Å². The molecule has 1 aromatic carbocycles. The van der Waals surface area contributed by atoms with Gasteiger partial charge in [-0.05, 0) is 49.3 Å². The molecule has 0 heterocycles. The normalized spacial score (nSPS) is 19.1. The van der Waals surface area contributed by atoms with Crippen LogP contribution in [-0.2, 0) is 0 Å². The fourth-order valence-electron chi connectivity index (χ4n) is 2.44. The van der Waals surface area contributed by atoms with Crippen molar-refractivity contribution in [2.75, 3.05) is 0 Å². The van der Waals surface area contributed by atoms with E-state index in [-0.39, 0.29) is 11.7 Å². The molecule has 0 saturated heterocycles. The van der Waals surface area contributed by atoms with Crippen LogP contribution in [0, 0.1) is 5.41 Å². The fraction of sp³-hybridized carbons (Fsp3) is 0.533. The van der Waals surface area contributed by atoms with Crippen LogP contribution >= 0.6 is 15.9 Å². The lowest BCUT2D eigenvalue weighted by molar-refractivity contribution is 0.0674. The molecule has 1 saturated carbocycles. The zero-order chi connectivity index (χ0) is 14.0. The van der Waals surface area contributed by atoms with E-state index in [0.29, 0.717) is 11.2 Å². The number of carbonyl (C=O) groups is 1. The van der Waals surface area contributed by atoms with Gasteiger partial charge in [0.2, 0.25) is 0 Å². The van der Waals surface area contributed by atoms with Crippen LogP contribution < -0.4 is 4.74 Å². The zero-order valence-corrected chi connectivity index (χ0v) is 12.9. The van der Waals surface area contributed by atoms with Gasteiger partial charge in [0.15, 0.2) is 0 Å². The van der Waals surface area contributed by atoms with Gasteiger partial charge >= 0.3 is 5.97 Å². The summed E-state index contributed by atoms with van der Waals surface area (Å²) in [5.74, 6) is -0.479. The number of ether oxygens (including phenoxy) is 1. The molecule has 1 aliphatic rings. The van der Waals surface area contributed by atoms with Crippen LogP contribution in [-0.4, -0.2) is 17.2 Å². The minimum Gasteiger partial charge on any atom is -0.490 e. The van der Waals surface area contributed by atoms with E-state index in [1.54, 1.807) is 12.1 Å². The van der Waals surface area contributed by atoms with Crippen molar-refractivity contribution in [2.24, 2.45) is 5.41 Å². The number of hydrogen-bond donors (Lipinski definition) is 1. The first-order valence-corrected chi connectivity index (χ1v) is 7.36. The first kappa shape index (κ1) is 14.4. The minimum atomic E-state index is -0.951. The van der Waals surface area contributed by atoms with Crippen LogP contribution in [0.3, 0.4) is 0 Å². The van der Waals surface area contributed by atoms with Crippen molar-refractivity contribution in [3.63, 3.8) is 0 Å². The van der Waals surface area contributed by atoms with Crippen molar-refractivity contribution in [3.05, 3.63) is 28.2 Å². The Morgan fingerprint density at radius 3 is 2.58 bits per heavy atom. The van der Waals surface area contributed by atoms with Crippen LogP contribution in [0.5, 0.6) is 5.75 Å². The molecule has 0 bridgehead atoms. The Morgan fingerprint density at radius 2 is 2.00 bits per heavy atom.